The van der Waals surface area contributed by atoms with Crippen LogP contribution >= 0.6 is 40.4 Å². The average Bonchev–Trinajstić information content (AvgIpc) is 2.41. The standard InChI is InChI=1S/C14H9BrN2S2/c15-10-6-2-4-8-12(10)17-13(18)9-5-1-3-7-11(9)16-14(17)19/h1-8H,(H,16,19). The number of halogens is 1. The minimum atomic E-state index is 0.593. The summed E-state index contributed by atoms with van der Waals surface area (Å²) < 4.78 is 4.14. The highest BCUT2D eigenvalue weighted by Gasteiger charge is 2.06. The third-order valence-electron chi connectivity index (χ3n) is 2.90. The predicted octanol–water partition coefficient (Wildman–Crippen LogP) is 5.18. The van der Waals surface area contributed by atoms with Crippen molar-refractivity contribution in [2.45, 2.75) is 0 Å². The number of nitrogens with one attached hydrogen (secondary N) is 1. The second kappa shape index (κ2) is 5.00. The van der Waals surface area contributed by atoms with Crippen LogP contribution in [-0.2, 0) is 0 Å². The molecule has 0 aliphatic rings. The Hall–Kier alpha value is -1.30. The minimum absolute atomic E-state index is 0.593. The van der Waals surface area contributed by atoms with Crippen LogP contribution in [-0.4, -0.2) is 9.55 Å². The fourth-order valence-electron chi connectivity index (χ4n) is 2.01. The number of benzene rings is 2. The van der Waals surface area contributed by atoms with Gasteiger partial charge in [0.2, 0.25) is 0 Å². The van der Waals surface area contributed by atoms with Gasteiger partial charge in [-0.25, -0.2) is 0 Å². The molecular weight excluding hydrogens is 340 g/mol. The summed E-state index contributed by atoms with van der Waals surface area (Å²) in [7, 11) is 0. The SMILES string of the molecule is S=c1[nH]c2ccccc2c(=S)n1-c1ccccc1Br. The van der Waals surface area contributed by atoms with Crippen molar-refractivity contribution in [1.82, 2.24) is 9.55 Å². The number of hydrogen-bond acceptors (Lipinski definition) is 2. The van der Waals surface area contributed by atoms with E-state index < -0.39 is 0 Å². The fraction of sp³-hybridized carbons (Fsp3) is 0. The largest absolute Gasteiger partial charge is 0.331 e. The molecule has 2 nitrogen and oxygen atoms in total. The van der Waals surface area contributed by atoms with Gasteiger partial charge in [-0.15, -0.1) is 0 Å². The molecule has 0 spiro atoms. The molecule has 2 aromatic carbocycles. The predicted molar refractivity (Wildman–Crippen MR) is 87.0 cm³/mol. The molecule has 0 aliphatic carbocycles. The van der Waals surface area contributed by atoms with Gasteiger partial charge in [-0.3, -0.25) is 4.57 Å². The summed E-state index contributed by atoms with van der Waals surface area (Å²) in [6.45, 7) is 0. The van der Waals surface area contributed by atoms with E-state index in [4.69, 9.17) is 24.4 Å². The maximum Gasteiger partial charge on any atom is 0.183 e. The Morgan fingerprint density at radius 1 is 0.947 bits per heavy atom. The number of nitrogens with zero attached hydrogens (tertiary/aromatic N) is 1. The van der Waals surface area contributed by atoms with Crippen molar-refractivity contribution in [3.8, 4) is 5.69 Å². The zero-order valence-corrected chi connectivity index (χ0v) is 13.0. The van der Waals surface area contributed by atoms with Crippen LogP contribution in [0.15, 0.2) is 53.0 Å². The van der Waals surface area contributed by atoms with Crippen LogP contribution < -0.4 is 0 Å². The smallest absolute Gasteiger partial charge is 0.183 e. The quantitative estimate of drug-likeness (QED) is 0.611. The van der Waals surface area contributed by atoms with Gasteiger partial charge in [0.25, 0.3) is 0 Å². The zero-order chi connectivity index (χ0) is 13.4. The second-order valence-electron chi connectivity index (χ2n) is 4.07. The van der Waals surface area contributed by atoms with E-state index in [9.17, 15) is 0 Å². The van der Waals surface area contributed by atoms with Gasteiger partial charge >= 0.3 is 0 Å². The van der Waals surface area contributed by atoms with E-state index in [1.54, 1.807) is 0 Å². The molecule has 5 heteroatoms. The fourth-order valence-corrected chi connectivity index (χ4v) is 3.20. The molecule has 1 aromatic heterocycles. The Morgan fingerprint density at radius 2 is 1.63 bits per heavy atom. The lowest BCUT2D eigenvalue weighted by Gasteiger charge is -2.11. The lowest BCUT2D eigenvalue weighted by molar-refractivity contribution is 0.961. The Balaban J connectivity index is 2.47. The first kappa shape index (κ1) is 12.7. The van der Waals surface area contributed by atoms with E-state index in [1.807, 2.05) is 53.1 Å². The molecular formula is C14H9BrN2S2. The Morgan fingerprint density at radius 3 is 2.42 bits per heavy atom. The topological polar surface area (TPSA) is 20.7 Å². The number of hydrogen-bond donors (Lipinski definition) is 1. The molecule has 0 radical (unpaired) electrons. The molecule has 0 atom stereocenters. The van der Waals surface area contributed by atoms with Crippen LogP contribution in [0.5, 0.6) is 0 Å². The lowest BCUT2D eigenvalue weighted by Crippen LogP contribution is -2.02. The van der Waals surface area contributed by atoms with Gasteiger partial charge in [0.05, 0.1) is 11.2 Å². The molecule has 3 rings (SSSR count). The van der Waals surface area contributed by atoms with Crippen molar-refractivity contribution in [3.63, 3.8) is 0 Å². The average molecular weight is 349 g/mol. The molecule has 0 amide bonds. The van der Waals surface area contributed by atoms with Crippen molar-refractivity contribution in [1.29, 1.82) is 0 Å². The highest BCUT2D eigenvalue weighted by molar-refractivity contribution is 9.10. The van der Waals surface area contributed by atoms with Crippen molar-refractivity contribution in [3.05, 3.63) is 62.4 Å². The summed E-state index contributed by atoms with van der Waals surface area (Å²) in [6, 6.07) is 15.8. The third-order valence-corrected chi connectivity index (χ3v) is 4.26. The summed E-state index contributed by atoms with van der Waals surface area (Å²) in [4.78, 5) is 3.22. The summed E-state index contributed by atoms with van der Waals surface area (Å²) in [5, 5.41) is 0.988. The number of rotatable bonds is 1. The molecule has 0 aliphatic heterocycles. The van der Waals surface area contributed by atoms with Crippen LogP contribution in [0, 0.1) is 9.41 Å². The Kier molecular flexibility index (Phi) is 3.35. The number of fused-ring (bicyclic) bond motifs is 1. The number of para-hydroxylation sites is 2. The zero-order valence-electron chi connectivity index (χ0n) is 9.76. The molecule has 0 saturated carbocycles. The normalized spacial score (nSPS) is 10.8. The van der Waals surface area contributed by atoms with Crippen LogP contribution in [0.25, 0.3) is 16.6 Å². The van der Waals surface area contributed by atoms with Gasteiger partial charge in [-0.1, -0.05) is 36.5 Å². The van der Waals surface area contributed by atoms with Gasteiger partial charge in [0.15, 0.2) is 4.77 Å². The van der Waals surface area contributed by atoms with Crippen molar-refractivity contribution < 1.29 is 0 Å². The molecule has 19 heavy (non-hydrogen) atoms. The van der Waals surface area contributed by atoms with E-state index in [-0.39, 0.29) is 0 Å². The molecule has 1 heterocycles. The molecule has 0 unspecified atom stereocenters. The molecule has 1 N–H and O–H groups in total. The van der Waals surface area contributed by atoms with E-state index >= 15 is 0 Å². The molecule has 94 valence electrons. The second-order valence-corrected chi connectivity index (χ2v) is 5.70. The molecule has 0 saturated heterocycles. The summed E-state index contributed by atoms with van der Waals surface area (Å²) >= 11 is 14.5. The van der Waals surface area contributed by atoms with Gasteiger partial charge in [-0.2, -0.15) is 0 Å². The first-order valence-electron chi connectivity index (χ1n) is 5.67. The van der Waals surface area contributed by atoms with E-state index in [0.717, 1.165) is 21.1 Å². The van der Waals surface area contributed by atoms with Gasteiger partial charge in [0.1, 0.15) is 4.64 Å². The summed E-state index contributed by atoms with van der Waals surface area (Å²) in [6.07, 6.45) is 0. The monoisotopic (exact) mass is 348 g/mol. The van der Waals surface area contributed by atoms with Crippen LogP contribution in [0.4, 0.5) is 0 Å². The van der Waals surface area contributed by atoms with Gasteiger partial charge in [0, 0.05) is 9.86 Å². The summed E-state index contributed by atoms with van der Waals surface area (Å²) in [5.41, 5.74) is 1.90. The van der Waals surface area contributed by atoms with Crippen LogP contribution in [0.2, 0.25) is 0 Å². The highest BCUT2D eigenvalue weighted by Crippen LogP contribution is 2.23. The van der Waals surface area contributed by atoms with Crippen LogP contribution in [0.1, 0.15) is 0 Å². The number of aromatic nitrogens is 2. The minimum Gasteiger partial charge on any atom is -0.331 e. The first-order chi connectivity index (χ1) is 9.18. The number of H-pyrrole nitrogens is 1. The van der Waals surface area contributed by atoms with Crippen LogP contribution in [0.3, 0.4) is 0 Å². The van der Waals surface area contributed by atoms with E-state index in [2.05, 4.69) is 20.9 Å². The summed E-state index contributed by atoms with van der Waals surface area (Å²) in [5.74, 6) is 0. The molecule has 0 fully saturated rings. The third kappa shape index (κ3) is 2.18. The van der Waals surface area contributed by atoms with E-state index in [0.29, 0.717) is 9.41 Å². The Bertz CT molecular complexity index is 880. The maximum absolute atomic E-state index is 5.58. The molecule has 0 bridgehead atoms. The van der Waals surface area contributed by atoms with Crippen molar-refractivity contribution >= 4 is 51.3 Å². The molecule has 3 aromatic rings. The lowest BCUT2D eigenvalue weighted by atomic mass is 10.2. The Labute approximate surface area is 128 Å². The maximum atomic E-state index is 5.58. The van der Waals surface area contributed by atoms with Crippen molar-refractivity contribution in [2.75, 3.05) is 0 Å². The number of aromatic amines is 1. The van der Waals surface area contributed by atoms with Gasteiger partial charge < -0.3 is 4.98 Å². The van der Waals surface area contributed by atoms with E-state index in [1.165, 1.54) is 0 Å². The first-order valence-corrected chi connectivity index (χ1v) is 7.28. The van der Waals surface area contributed by atoms with Crippen molar-refractivity contribution in [2.24, 2.45) is 0 Å². The van der Waals surface area contributed by atoms with Gasteiger partial charge in [-0.05, 0) is 52.4 Å². The highest BCUT2D eigenvalue weighted by atomic mass is 79.9.